The third-order valence-electron chi connectivity index (χ3n) is 5.07. The van der Waals surface area contributed by atoms with E-state index in [1.54, 1.807) is 0 Å². The van der Waals surface area contributed by atoms with Crippen molar-refractivity contribution >= 4 is 12.0 Å². The van der Waals surface area contributed by atoms with Crippen LogP contribution in [-0.2, 0) is 12.4 Å². The summed E-state index contributed by atoms with van der Waals surface area (Å²) < 4.78 is 77.3. The van der Waals surface area contributed by atoms with Gasteiger partial charge in [-0.25, -0.2) is 4.79 Å². The monoisotopic (exact) mass is 426 g/mol. The normalized spacial score (nSPS) is 20.2. The predicted molar refractivity (Wildman–Crippen MR) is 90.3 cm³/mol. The molecule has 0 spiro atoms. The number of nitrogens with zero attached hydrogens (tertiary/aromatic N) is 1. The molecule has 0 atom stereocenters. The Kier molecular flexibility index (Phi) is 6.69. The van der Waals surface area contributed by atoms with Crippen LogP contribution in [-0.4, -0.2) is 41.6 Å². The van der Waals surface area contributed by atoms with Gasteiger partial charge >= 0.3 is 18.4 Å². The van der Waals surface area contributed by atoms with E-state index in [2.05, 4.69) is 5.32 Å². The van der Waals surface area contributed by atoms with E-state index >= 15 is 0 Å². The molecule has 162 valence electrons. The summed E-state index contributed by atoms with van der Waals surface area (Å²) in [5.41, 5.74) is -3.81. The minimum absolute atomic E-state index is 0.0307. The summed E-state index contributed by atoms with van der Waals surface area (Å²) in [6, 6.07) is 0.598. The van der Waals surface area contributed by atoms with Crippen molar-refractivity contribution in [2.24, 2.45) is 5.92 Å². The lowest BCUT2D eigenvalue weighted by Crippen LogP contribution is -2.40. The van der Waals surface area contributed by atoms with Gasteiger partial charge < -0.3 is 15.3 Å². The average Bonchev–Trinajstić information content (AvgIpc) is 2.64. The Hall–Kier alpha value is -2.46. The van der Waals surface area contributed by atoms with E-state index in [0.29, 0.717) is 37.8 Å². The third kappa shape index (κ3) is 6.01. The summed E-state index contributed by atoms with van der Waals surface area (Å²) in [6.07, 6.45) is -8.81. The molecule has 5 nitrogen and oxygen atoms in total. The molecular formula is C18H20F6N2O3. The zero-order valence-electron chi connectivity index (χ0n) is 15.4. The van der Waals surface area contributed by atoms with Crippen molar-refractivity contribution < 1.29 is 41.0 Å². The predicted octanol–water partition coefficient (Wildman–Crippen LogP) is 4.62. The van der Waals surface area contributed by atoms with Gasteiger partial charge in [0.2, 0.25) is 0 Å². The molecule has 1 aromatic rings. The molecule has 0 saturated heterocycles. The summed E-state index contributed by atoms with van der Waals surface area (Å²) >= 11 is 0. The minimum atomic E-state index is -5.02. The maximum Gasteiger partial charge on any atom is 0.416 e. The third-order valence-corrected chi connectivity index (χ3v) is 5.07. The highest BCUT2D eigenvalue weighted by Gasteiger charge is 2.37. The van der Waals surface area contributed by atoms with Gasteiger partial charge in [0.25, 0.3) is 5.91 Å². The number of nitrogens with one attached hydrogen (secondary N) is 1. The van der Waals surface area contributed by atoms with Crippen LogP contribution in [0.1, 0.15) is 47.2 Å². The van der Waals surface area contributed by atoms with Crippen LogP contribution in [0.2, 0.25) is 0 Å². The highest BCUT2D eigenvalue weighted by molar-refractivity contribution is 5.94. The Labute approximate surface area is 162 Å². The summed E-state index contributed by atoms with van der Waals surface area (Å²) in [6.45, 7) is 0.0833. The second-order valence-corrected chi connectivity index (χ2v) is 7.07. The van der Waals surface area contributed by atoms with Gasteiger partial charge in [-0.1, -0.05) is 0 Å². The SMILES string of the molecule is CN(C(=O)O)[C@H]1CC[C@H](CNC(=O)c2cc(C(F)(F)F)cc(C(F)(F)F)c2)CC1. The first kappa shape index (κ1) is 22.8. The smallest absolute Gasteiger partial charge is 0.416 e. The number of carbonyl (C=O) groups excluding carboxylic acids is 1. The van der Waals surface area contributed by atoms with E-state index in [1.807, 2.05) is 0 Å². The van der Waals surface area contributed by atoms with Crippen LogP contribution >= 0.6 is 0 Å². The van der Waals surface area contributed by atoms with Gasteiger partial charge in [0.1, 0.15) is 0 Å². The van der Waals surface area contributed by atoms with Crippen molar-refractivity contribution in [1.29, 1.82) is 0 Å². The van der Waals surface area contributed by atoms with Crippen molar-refractivity contribution in [2.45, 2.75) is 44.1 Å². The maximum atomic E-state index is 12.9. The molecule has 0 aromatic heterocycles. The summed E-state index contributed by atoms with van der Waals surface area (Å²) in [4.78, 5) is 24.3. The topological polar surface area (TPSA) is 69.6 Å². The number of benzene rings is 1. The van der Waals surface area contributed by atoms with Crippen LogP contribution in [0.15, 0.2) is 18.2 Å². The van der Waals surface area contributed by atoms with Gasteiger partial charge in [-0.05, 0) is 49.8 Å². The Morgan fingerprint density at radius 2 is 1.48 bits per heavy atom. The van der Waals surface area contributed by atoms with Crippen molar-refractivity contribution in [1.82, 2.24) is 10.2 Å². The fourth-order valence-corrected chi connectivity index (χ4v) is 3.32. The van der Waals surface area contributed by atoms with Crippen molar-refractivity contribution in [3.05, 3.63) is 34.9 Å². The van der Waals surface area contributed by atoms with Crippen LogP contribution < -0.4 is 5.32 Å². The lowest BCUT2D eigenvalue weighted by molar-refractivity contribution is -0.143. The lowest BCUT2D eigenvalue weighted by Gasteiger charge is -2.33. The number of hydrogen-bond acceptors (Lipinski definition) is 2. The standard InChI is InChI=1S/C18H20F6N2O3/c1-26(16(28)29)14-4-2-10(3-5-14)9-25-15(27)11-6-12(17(19,20)21)8-13(7-11)18(22,23)24/h6-8,10,14H,2-5,9H2,1H3,(H,25,27)(H,28,29)/t10-,14-. The number of rotatable bonds is 4. The molecule has 1 aliphatic rings. The minimum Gasteiger partial charge on any atom is -0.465 e. The van der Waals surface area contributed by atoms with Crippen LogP contribution in [0.3, 0.4) is 0 Å². The molecule has 0 heterocycles. The number of halogens is 6. The molecule has 11 heteroatoms. The molecule has 1 aliphatic carbocycles. The van der Waals surface area contributed by atoms with E-state index in [-0.39, 0.29) is 24.6 Å². The molecule has 2 rings (SSSR count). The molecule has 29 heavy (non-hydrogen) atoms. The first-order valence-corrected chi connectivity index (χ1v) is 8.82. The van der Waals surface area contributed by atoms with Gasteiger partial charge in [-0.15, -0.1) is 0 Å². The van der Waals surface area contributed by atoms with Gasteiger partial charge in [0.05, 0.1) is 11.1 Å². The zero-order chi connectivity index (χ0) is 22.0. The molecule has 1 fully saturated rings. The number of hydrogen-bond donors (Lipinski definition) is 2. The Bertz CT molecular complexity index is 723. The van der Waals surface area contributed by atoms with Crippen LogP contribution in [0.5, 0.6) is 0 Å². The Balaban J connectivity index is 2.03. The van der Waals surface area contributed by atoms with E-state index in [1.165, 1.54) is 11.9 Å². The Morgan fingerprint density at radius 1 is 1.00 bits per heavy atom. The summed E-state index contributed by atoms with van der Waals surface area (Å²) in [5, 5.41) is 11.4. The molecule has 1 saturated carbocycles. The fraction of sp³-hybridized carbons (Fsp3) is 0.556. The number of amides is 2. The summed E-state index contributed by atoms with van der Waals surface area (Å²) in [7, 11) is 1.46. The highest BCUT2D eigenvalue weighted by Crippen LogP contribution is 2.36. The van der Waals surface area contributed by atoms with Crippen molar-refractivity contribution in [3.8, 4) is 0 Å². The highest BCUT2D eigenvalue weighted by atomic mass is 19.4. The molecule has 1 aromatic carbocycles. The molecule has 0 radical (unpaired) electrons. The first-order valence-electron chi connectivity index (χ1n) is 8.82. The van der Waals surface area contributed by atoms with E-state index in [0.717, 1.165) is 0 Å². The van der Waals surface area contributed by atoms with Crippen molar-refractivity contribution in [2.75, 3.05) is 13.6 Å². The first-order chi connectivity index (χ1) is 13.3. The van der Waals surface area contributed by atoms with E-state index in [9.17, 15) is 35.9 Å². The summed E-state index contributed by atoms with van der Waals surface area (Å²) in [5.74, 6) is -1.06. The largest absolute Gasteiger partial charge is 0.465 e. The molecule has 2 N–H and O–H groups in total. The second kappa shape index (κ2) is 8.50. The van der Waals surface area contributed by atoms with Gasteiger partial charge in [-0.3, -0.25) is 4.79 Å². The lowest BCUT2D eigenvalue weighted by atomic mass is 9.85. The average molecular weight is 426 g/mol. The molecule has 0 aliphatic heterocycles. The fourth-order valence-electron chi connectivity index (χ4n) is 3.32. The number of carboxylic acid groups (broad SMARTS) is 1. The maximum absolute atomic E-state index is 12.9. The van der Waals surface area contributed by atoms with Crippen molar-refractivity contribution in [3.63, 3.8) is 0 Å². The molecule has 0 bridgehead atoms. The number of carbonyl (C=O) groups is 2. The van der Waals surface area contributed by atoms with Crippen LogP contribution in [0.25, 0.3) is 0 Å². The molecule has 2 amide bonds. The van der Waals surface area contributed by atoms with E-state index in [4.69, 9.17) is 5.11 Å². The molecular weight excluding hydrogens is 406 g/mol. The molecule has 0 unspecified atom stereocenters. The zero-order valence-corrected chi connectivity index (χ0v) is 15.4. The Morgan fingerprint density at radius 3 is 1.90 bits per heavy atom. The van der Waals surface area contributed by atoms with Gasteiger partial charge in [-0.2, -0.15) is 26.3 Å². The van der Waals surface area contributed by atoms with Crippen LogP contribution in [0, 0.1) is 5.92 Å². The van der Waals surface area contributed by atoms with Crippen LogP contribution in [0.4, 0.5) is 31.1 Å². The van der Waals surface area contributed by atoms with Gasteiger partial charge in [0, 0.05) is 25.2 Å². The number of alkyl halides is 6. The quantitative estimate of drug-likeness (QED) is 0.691. The second-order valence-electron chi connectivity index (χ2n) is 7.07. The van der Waals surface area contributed by atoms with Gasteiger partial charge in [0.15, 0.2) is 0 Å². The van der Waals surface area contributed by atoms with E-state index < -0.39 is 41.0 Å².